The Bertz CT molecular complexity index is 1210. The number of halogens is 1. The monoisotopic (exact) mass is 476 g/mol. The first-order valence-electron chi connectivity index (χ1n) is 9.78. The standard InChI is InChI=1S/C21H21FN4O4S2/c1-30-15-6-8-16(9-7-15)32(28,29)24-21-23-18(14-31-21)20(27)26-12-10-25(11-13-26)19-5-3-2-4-17(19)22/h2-9,14H,10-13H2,1H3,(H,23,24). The fourth-order valence-corrected chi connectivity index (χ4v) is 5.31. The summed E-state index contributed by atoms with van der Waals surface area (Å²) >= 11 is 1.04. The summed E-state index contributed by atoms with van der Waals surface area (Å²) < 4.78 is 46.6. The molecule has 1 amide bonds. The van der Waals surface area contributed by atoms with Gasteiger partial charge in [-0.3, -0.25) is 9.52 Å². The van der Waals surface area contributed by atoms with Crippen molar-refractivity contribution < 1.29 is 22.3 Å². The molecule has 0 radical (unpaired) electrons. The second-order valence-corrected chi connectivity index (χ2v) is 9.59. The van der Waals surface area contributed by atoms with Crippen LogP contribution in [0.4, 0.5) is 15.2 Å². The van der Waals surface area contributed by atoms with Crippen LogP contribution in [0.2, 0.25) is 0 Å². The highest BCUT2D eigenvalue weighted by Crippen LogP contribution is 2.24. The Hall–Kier alpha value is -3.18. The summed E-state index contributed by atoms with van der Waals surface area (Å²) in [6.07, 6.45) is 0. The number of aromatic nitrogens is 1. The number of nitrogens with one attached hydrogen (secondary N) is 1. The molecule has 11 heteroatoms. The summed E-state index contributed by atoms with van der Waals surface area (Å²) in [5.74, 6) is -0.0360. The van der Waals surface area contributed by atoms with E-state index in [0.29, 0.717) is 37.6 Å². The van der Waals surface area contributed by atoms with E-state index in [1.54, 1.807) is 35.2 Å². The Labute approximate surface area is 189 Å². The van der Waals surface area contributed by atoms with Crippen LogP contribution in [0.15, 0.2) is 58.8 Å². The van der Waals surface area contributed by atoms with E-state index in [2.05, 4.69) is 9.71 Å². The van der Waals surface area contributed by atoms with Gasteiger partial charge in [0.2, 0.25) is 0 Å². The van der Waals surface area contributed by atoms with Crippen LogP contribution in [-0.4, -0.2) is 57.5 Å². The quantitative estimate of drug-likeness (QED) is 0.588. The van der Waals surface area contributed by atoms with E-state index in [1.165, 1.54) is 30.7 Å². The molecule has 1 saturated heterocycles. The number of anilines is 2. The third-order valence-corrected chi connectivity index (χ3v) is 7.32. The molecule has 1 aromatic heterocycles. The third-order valence-electron chi connectivity index (χ3n) is 5.07. The Morgan fingerprint density at radius 2 is 1.78 bits per heavy atom. The van der Waals surface area contributed by atoms with Gasteiger partial charge in [-0.2, -0.15) is 0 Å². The number of carbonyl (C=O) groups excluding carboxylic acids is 1. The van der Waals surface area contributed by atoms with Gasteiger partial charge in [-0.25, -0.2) is 17.8 Å². The molecule has 0 atom stereocenters. The molecule has 0 saturated carbocycles. The highest BCUT2D eigenvalue weighted by atomic mass is 32.2. The van der Waals surface area contributed by atoms with Crippen LogP contribution >= 0.6 is 11.3 Å². The smallest absolute Gasteiger partial charge is 0.273 e. The summed E-state index contributed by atoms with van der Waals surface area (Å²) in [6.45, 7) is 1.82. The fourth-order valence-electron chi connectivity index (χ4n) is 3.37. The average molecular weight is 477 g/mol. The Balaban J connectivity index is 1.39. The van der Waals surface area contributed by atoms with Crippen molar-refractivity contribution in [2.45, 2.75) is 4.90 Å². The number of nitrogens with zero attached hydrogens (tertiary/aromatic N) is 3. The number of sulfonamides is 1. The number of amides is 1. The van der Waals surface area contributed by atoms with Crippen molar-refractivity contribution in [2.75, 3.05) is 42.9 Å². The van der Waals surface area contributed by atoms with Gasteiger partial charge in [0.15, 0.2) is 5.13 Å². The van der Waals surface area contributed by atoms with E-state index in [0.717, 1.165) is 11.3 Å². The summed E-state index contributed by atoms with van der Waals surface area (Å²) in [4.78, 5) is 20.6. The van der Waals surface area contributed by atoms with Crippen LogP contribution in [0.25, 0.3) is 0 Å². The lowest BCUT2D eigenvalue weighted by Crippen LogP contribution is -2.49. The predicted octanol–water partition coefficient (Wildman–Crippen LogP) is 3.05. The van der Waals surface area contributed by atoms with E-state index >= 15 is 0 Å². The van der Waals surface area contributed by atoms with Crippen molar-refractivity contribution in [2.24, 2.45) is 0 Å². The number of ether oxygens (including phenoxy) is 1. The molecular formula is C21H21FN4O4S2. The van der Waals surface area contributed by atoms with Crippen LogP contribution < -0.4 is 14.4 Å². The number of rotatable bonds is 6. The van der Waals surface area contributed by atoms with E-state index < -0.39 is 10.0 Å². The maximum absolute atomic E-state index is 14.0. The highest BCUT2D eigenvalue weighted by Gasteiger charge is 2.26. The third kappa shape index (κ3) is 4.68. The summed E-state index contributed by atoms with van der Waals surface area (Å²) in [6, 6.07) is 12.5. The molecule has 0 unspecified atom stereocenters. The number of benzene rings is 2. The molecule has 0 aliphatic carbocycles. The van der Waals surface area contributed by atoms with Gasteiger partial charge in [-0.15, -0.1) is 11.3 Å². The molecule has 168 valence electrons. The Kier molecular flexibility index (Phi) is 6.28. The number of hydrogen-bond acceptors (Lipinski definition) is 7. The van der Waals surface area contributed by atoms with Crippen LogP contribution in [0.3, 0.4) is 0 Å². The minimum atomic E-state index is -3.84. The lowest BCUT2D eigenvalue weighted by molar-refractivity contribution is 0.0741. The van der Waals surface area contributed by atoms with Gasteiger partial charge in [-0.05, 0) is 36.4 Å². The minimum Gasteiger partial charge on any atom is -0.497 e. The van der Waals surface area contributed by atoms with Crippen LogP contribution in [0.1, 0.15) is 10.5 Å². The van der Waals surface area contributed by atoms with Crippen molar-refractivity contribution in [3.8, 4) is 5.75 Å². The van der Waals surface area contributed by atoms with Crippen molar-refractivity contribution in [1.29, 1.82) is 0 Å². The van der Waals surface area contributed by atoms with E-state index in [1.807, 2.05) is 4.90 Å². The fraction of sp³-hybridized carbons (Fsp3) is 0.238. The first-order chi connectivity index (χ1) is 15.4. The molecule has 1 aliphatic heterocycles. The predicted molar refractivity (Wildman–Crippen MR) is 120 cm³/mol. The number of piperazine rings is 1. The number of thiazole rings is 1. The van der Waals surface area contributed by atoms with Gasteiger partial charge in [0.1, 0.15) is 17.3 Å². The van der Waals surface area contributed by atoms with Crippen molar-refractivity contribution in [3.63, 3.8) is 0 Å². The van der Waals surface area contributed by atoms with Crippen LogP contribution in [0.5, 0.6) is 5.75 Å². The molecule has 0 spiro atoms. The molecule has 3 aromatic rings. The largest absolute Gasteiger partial charge is 0.497 e. The van der Waals surface area contributed by atoms with E-state index in [4.69, 9.17) is 4.74 Å². The molecule has 2 aromatic carbocycles. The zero-order valence-electron chi connectivity index (χ0n) is 17.2. The second-order valence-electron chi connectivity index (χ2n) is 7.05. The summed E-state index contributed by atoms with van der Waals surface area (Å²) in [5.41, 5.74) is 0.685. The van der Waals surface area contributed by atoms with E-state index in [9.17, 15) is 17.6 Å². The number of para-hydroxylation sites is 1. The molecule has 2 heterocycles. The zero-order chi connectivity index (χ0) is 22.7. The number of methoxy groups -OCH3 is 1. The molecule has 0 bridgehead atoms. The van der Waals surface area contributed by atoms with Gasteiger partial charge in [-0.1, -0.05) is 12.1 Å². The van der Waals surface area contributed by atoms with Gasteiger partial charge >= 0.3 is 0 Å². The zero-order valence-corrected chi connectivity index (χ0v) is 18.8. The Morgan fingerprint density at radius 3 is 2.44 bits per heavy atom. The Morgan fingerprint density at radius 1 is 1.09 bits per heavy atom. The van der Waals surface area contributed by atoms with E-state index in [-0.39, 0.29) is 27.4 Å². The van der Waals surface area contributed by atoms with Crippen molar-refractivity contribution >= 4 is 38.1 Å². The topological polar surface area (TPSA) is 91.8 Å². The van der Waals surface area contributed by atoms with Gasteiger partial charge in [0, 0.05) is 31.6 Å². The molecule has 4 rings (SSSR count). The first kappa shape index (κ1) is 22.0. The van der Waals surface area contributed by atoms with Gasteiger partial charge in [0.05, 0.1) is 17.7 Å². The number of carbonyl (C=O) groups is 1. The maximum Gasteiger partial charge on any atom is 0.273 e. The highest BCUT2D eigenvalue weighted by molar-refractivity contribution is 7.93. The molecule has 1 fully saturated rings. The normalized spacial score (nSPS) is 14.3. The van der Waals surface area contributed by atoms with Gasteiger partial charge < -0.3 is 14.5 Å². The van der Waals surface area contributed by atoms with Crippen LogP contribution in [-0.2, 0) is 10.0 Å². The van der Waals surface area contributed by atoms with Crippen molar-refractivity contribution in [1.82, 2.24) is 9.88 Å². The number of hydrogen-bond donors (Lipinski definition) is 1. The SMILES string of the molecule is COc1ccc(S(=O)(=O)Nc2nc(C(=O)N3CCN(c4ccccc4F)CC3)cs2)cc1. The minimum absolute atomic E-state index is 0.0608. The lowest BCUT2D eigenvalue weighted by atomic mass is 10.2. The summed E-state index contributed by atoms with van der Waals surface area (Å²) in [7, 11) is -2.35. The average Bonchev–Trinajstić information content (AvgIpc) is 3.27. The van der Waals surface area contributed by atoms with Crippen LogP contribution in [0, 0.1) is 5.82 Å². The molecule has 1 aliphatic rings. The van der Waals surface area contributed by atoms with Gasteiger partial charge in [0.25, 0.3) is 15.9 Å². The maximum atomic E-state index is 14.0. The molecule has 8 nitrogen and oxygen atoms in total. The molecule has 1 N–H and O–H groups in total. The molecular weight excluding hydrogens is 455 g/mol. The first-order valence-corrected chi connectivity index (χ1v) is 12.1. The summed E-state index contributed by atoms with van der Waals surface area (Å²) in [5, 5.41) is 1.63. The van der Waals surface area contributed by atoms with Crippen molar-refractivity contribution in [3.05, 3.63) is 65.4 Å². The second kappa shape index (κ2) is 9.13. The lowest BCUT2D eigenvalue weighted by Gasteiger charge is -2.35. The molecule has 32 heavy (non-hydrogen) atoms.